The van der Waals surface area contributed by atoms with Crippen LogP contribution in [0.1, 0.15) is 10.4 Å². The Morgan fingerprint density at radius 1 is 1.25 bits per heavy atom. The summed E-state index contributed by atoms with van der Waals surface area (Å²) in [7, 11) is -3.23. The average molecular weight is 319 g/mol. The van der Waals surface area contributed by atoms with Crippen LogP contribution in [0, 0.1) is 0 Å². The molecule has 1 aromatic carbocycles. The van der Waals surface area contributed by atoms with Crippen LogP contribution in [0.4, 0.5) is 0 Å². The lowest BCUT2D eigenvalue weighted by molar-refractivity contribution is 0.0695. The number of amides is 1. The van der Waals surface area contributed by atoms with Crippen molar-refractivity contribution in [2.45, 2.75) is 0 Å². The van der Waals surface area contributed by atoms with Crippen LogP contribution in [0.5, 0.6) is 5.75 Å². The second kappa shape index (κ2) is 5.59. The van der Waals surface area contributed by atoms with Crippen molar-refractivity contribution in [3.05, 3.63) is 28.8 Å². The van der Waals surface area contributed by atoms with E-state index in [0.29, 0.717) is 5.02 Å². The van der Waals surface area contributed by atoms with E-state index in [0.717, 1.165) is 6.26 Å². The Hall–Kier alpha value is -1.31. The van der Waals surface area contributed by atoms with Crippen molar-refractivity contribution in [2.75, 3.05) is 32.4 Å². The fourth-order valence-corrected chi connectivity index (χ4v) is 3.07. The van der Waals surface area contributed by atoms with Gasteiger partial charge in [-0.25, -0.2) is 8.42 Å². The molecule has 1 saturated heterocycles. The van der Waals surface area contributed by atoms with Crippen molar-refractivity contribution in [2.24, 2.45) is 0 Å². The Morgan fingerprint density at radius 3 is 2.40 bits per heavy atom. The normalized spacial score (nSPS) is 17.2. The number of piperazine rings is 1. The standard InChI is InChI=1S/C12H15ClN2O4S/c1-20(18,19)15-6-4-14(5-7-15)12(17)10-8-9(13)2-3-11(10)16/h2-3,8,16H,4-7H2,1H3. The highest BCUT2D eigenvalue weighted by atomic mass is 35.5. The maximum Gasteiger partial charge on any atom is 0.257 e. The lowest BCUT2D eigenvalue weighted by Crippen LogP contribution is -2.50. The maximum atomic E-state index is 12.3. The van der Waals surface area contributed by atoms with E-state index in [2.05, 4.69) is 0 Å². The largest absolute Gasteiger partial charge is 0.507 e. The van der Waals surface area contributed by atoms with Gasteiger partial charge in [0.2, 0.25) is 10.0 Å². The van der Waals surface area contributed by atoms with Gasteiger partial charge in [0, 0.05) is 31.2 Å². The van der Waals surface area contributed by atoms with Crippen LogP contribution >= 0.6 is 11.6 Å². The molecule has 0 atom stereocenters. The third-order valence-corrected chi connectivity index (χ3v) is 4.72. The summed E-state index contributed by atoms with van der Waals surface area (Å²) in [5.41, 5.74) is 0.130. The Labute approximate surface area is 122 Å². The Morgan fingerprint density at radius 2 is 1.85 bits per heavy atom. The number of sulfonamides is 1. The molecule has 8 heteroatoms. The van der Waals surface area contributed by atoms with E-state index >= 15 is 0 Å². The van der Waals surface area contributed by atoms with Gasteiger partial charge in [-0.1, -0.05) is 11.6 Å². The van der Waals surface area contributed by atoms with E-state index in [1.54, 1.807) is 0 Å². The number of carbonyl (C=O) groups excluding carboxylic acids is 1. The van der Waals surface area contributed by atoms with Crippen molar-refractivity contribution >= 4 is 27.5 Å². The average Bonchev–Trinajstić information content (AvgIpc) is 2.40. The zero-order chi connectivity index (χ0) is 14.9. The van der Waals surface area contributed by atoms with Crippen molar-refractivity contribution in [3.8, 4) is 5.75 Å². The minimum Gasteiger partial charge on any atom is -0.507 e. The van der Waals surface area contributed by atoms with Gasteiger partial charge in [0.25, 0.3) is 5.91 Å². The van der Waals surface area contributed by atoms with E-state index in [-0.39, 0.29) is 43.4 Å². The number of benzene rings is 1. The Kier molecular flexibility index (Phi) is 4.22. The second-order valence-corrected chi connectivity index (χ2v) is 7.03. The molecule has 0 bridgehead atoms. The molecule has 0 saturated carbocycles. The molecule has 0 aromatic heterocycles. The van der Waals surface area contributed by atoms with Crippen LogP contribution in [0.25, 0.3) is 0 Å². The molecule has 2 rings (SSSR count). The van der Waals surface area contributed by atoms with Crippen LogP contribution in [0.3, 0.4) is 0 Å². The van der Waals surface area contributed by atoms with Crippen molar-refractivity contribution in [3.63, 3.8) is 0 Å². The van der Waals surface area contributed by atoms with Crippen LogP contribution in [-0.4, -0.2) is 61.1 Å². The summed E-state index contributed by atoms with van der Waals surface area (Å²) in [5, 5.41) is 10.1. The number of aromatic hydroxyl groups is 1. The predicted molar refractivity (Wildman–Crippen MR) is 75.4 cm³/mol. The summed E-state index contributed by atoms with van der Waals surface area (Å²) in [6.07, 6.45) is 1.15. The molecule has 110 valence electrons. The molecule has 1 aliphatic rings. The third kappa shape index (κ3) is 3.23. The molecule has 0 spiro atoms. The number of hydrogen-bond acceptors (Lipinski definition) is 4. The van der Waals surface area contributed by atoms with Gasteiger partial charge in [0.15, 0.2) is 0 Å². The highest BCUT2D eigenvalue weighted by Gasteiger charge is 2.27. The molecule has 1 aliphatic heterocycles. The van der Waals surface area contributed by atoms with Crippen molar-refractivity contribution in [1.82, 2.24) is 9.21 Å². The molecule has 0 unspecified atom stereocenters. The zero-order valence-corrected chi connectivity index (χ0v) is 12.5. The molecule has 1 heterocycles. The monoisotopic (exact) mass is 318 g/mol. The molecule has 0 radical (unpaired) electrons. The maximum absolute atomic E-state index is 12.3. The molecular formula is C12H15ClN2O4S. The minimum absolute atomic E-state index is 0.130. The van der Waals surface area contributed by atoms with Crippen LogP contribution in [0.2, 0.25) is 5.02 Å². The quantitative estimate of drug-likeness (QED) is 0.873. The molecule has 1 aromatic rings. The van der Waals surface area contributed by atoms with Gasteiger partial charge in [-0.3, -0.25) is 4.79 Å². The molecule has 1 amide bonds. The fourth-order valence-electron chi connectivity index (χ4n) is 2.07. The van der Waals surface area contributed by atoms with Gasteiger partial charge in [-0.2, -0.15) is 4.31 Å². The van der Waals surface area contributed by atoms with Crippen molar-refractivity contribution < 1.29 is 18.3 Å². The van der Waals surface area contributed by atoms with Gasteiger partial charge in [-0.15, -0.1) is 0 Å². The number of rotatable bonds is 2. The van der Waals surface area contributed by atoms with Gasteiger partial charge in [0.05, 0.1) is 11.8 Å². The molecular weight excluding hydrogens is 304 g/mol. The number of phenols is 1. The predicted octanol–water partition coefficient (Wildman–Crippen LogP) is 0.763. The van der Waals surface area contributed by atoms with Crippen LogP contribution < -0.4 is 0 Å². The summed E-state index contributed by atoms with van der Waals surface area (Å²) >= 11 is 5.81. The van der Waals surface area contributed by atoms with Gasteiger partial charge in [0.1, 0.15) is 5.75 Å². The highest BCUT2D eigenvalue weighted by Crippen LogP contribution is 2.23. The van der Waals surface area contributed by atoms with E-state index < -0.39 is 10.0 Å². The van der Waals surface area contributed by atoms with E-state index in [9.17, 15) is 18.3 Å². The Balaban J connectivity index is 2.11. The smallest absolute Gasteiger partial charge is 0.257 e. The SMILES string of the molecule is CS(=O)(=O)N1CCN(C(=O)c2cc(Cl)ccc2O)CC1. The first-order valence-electron chi connectivity index (χ1n) is 6.02. The van der Waals surface area contributed by atoms with E-state index in [4.69, 9.17) is 11.6 Å². The number of hydrogen-bond donors (Lipinski definition) is 1. The molecule has 1 fully saturated rings. The summed E-state index contributed by atoms with van der Waals surface area (Å²) < 4.78 is 24.1. The van der Waals surface area contributed by atoms with Gasteiger partial charge < -0.3 is 10.0 Å². The van der Waals surface area contributed by atoms with E-state index in [1.807, 2.05) is 0 Å². The first kappa shape index (κ1) is 15.1. The van der Waals surface area contributed by atoms with Gasteiger partial charge >= 0.3 is 0 Å². The van der Waals surface area contributed by atoms with Gasteiger partial charge in [-0.05, 0) is 18.2 Å². The summed E-state index contributed by atoms with van der Waals surface area (Å²) in [5.74, 6) is -0.483. The first-order chi connectivity index (χ1) is 9.29. The number of nitrogens with zero attached hydrogens (tertiary/aromatic N) is 2. The molecule has 1 N–H and O–H groups in total. The van der Waals surface area contributed by atoms with Crippen LogP contribution in [0.15, 0.2) is 18.2 Å². The summed E-state index contributed by atoms with van der Waals surface area (Å²) in [6, 6.07) is 4.26. The summed E-state index contributed by atoms with van der Waals surface area (Å²) in [6.45, 7) is 1.09. The number of carbonyl (C=O) groups is 1. The topological polar surface area (TPSA) is 77.9 Å². The Bertz CT molecular complexity index is 624. The number of phenolic OH excluding ortho intramolecular Hbond substituents is 1. The minimum atomic E-state index is -3.23. The van der Waals surface area contributed by atoms with E-state index in [1.165, 1.54) is 27.4 Å². The second-order valence-electron chi connectivity index (χ2n) is 4.62. The van der Waals surface area contributed by atoms with Crippen molar-refractivity contribution in [1.29, 1.82) is 0 Å². The molecule has 6 nitrogen and oxygen atoms in total. The number of halogens is 1. The third-order valence-electron chi connectivity index (χ3n) is 3.18. The molecule has 20 heavy (non-hydrogen) atoms. The lowest BCUT2D eigenvalue weighted by atomic mass is 10.1. The zero-order valence-electron chi connectivity index (χ0n) is 10.9. The van der Waals surface area contributed by atoms with Crippen LogP contribution in [-0.2, 0) is 10.0 Å². The summed E-state index contributed by atoms with van der Waals surface area (Å²) in [4.78, 5) is 13.8. The lowest BCUT2D eigenvalue weighted by Gasteiger charge is -2.33. The fraction of sp³-hybridized carbons (Fsp3) is 0.417. The molecule has 0 aliphatic carbocycles. The highest BCUT2D eigenvalue weighted by molar-refractivity contribution is 7.88. The first-order valence-corrected chi connectivity index (χ1v) is 8.24.